The number of nitrogen functional groups attached to an aromatic ring is 1. The minimum atomic E-state index is -0.454. The first-order valence-corrected chi connectivity index (χ1v) is 4.23. The van der Waals surface area contributed by atoms with E-state index in [-0.39, 0.29) is 16.5 Å². The zero-order valence-corrected chi connectivity index (χ0v) is 7.98. The van der Waals surface area contributed by atoms with E-state index in [4.69, 9.17) is 5.73 Å². The van der Waals surface area contributed by atoms with E-state index in [2.05, 4.69) is 9.94 Å². The second-order valence-electron chi connectivity index (χ2n) is 2.99. The highest BCUT2D eigenvalue weighted by atomic mass is 16.7. The van der Waals surface area contributed by atoms with Crippen LogP contribution in [0.25, 0.3) is 10.8 Å². The molecule has 0 aliphatic heterocycles. The third kappa shape index (κ3) is 1.26. The smallest absolute Gasteiger partial charge is 0.308 e. The first-order valence-electron chi connectivity index (χ1n) is 4.23. The van der Waals surface area contributed by atoms with Crippen molar-refractivity contribution < 1.29 is 4.84 Å². The maximum Gasteiger partial charge on any atom is 0.308 e. The highest BCUT2D eigenvalue weighted by Gasteiger charge is 2.08. The molecule has 0 atom stereocenters. The molecule has 0 saturated carbocycles. The Morgan fingerprint density at radius 2 is 2.13 bits per heavy atom. The second-order valence-corrected chi connectivity index (χ2v) is 2.99. The first kappa shape index (κ1) is 9.32. The number of anilines is 1. The molecule has 2 rings (SSSR count). The van der Waals surface area contributed by atoms with E-state index in [0.29, 0.717) is 0 Å². The molecule has 0 aliphatic rings. The number of aromatic amines is 1. The molecular formula is C9H9N3O3. The minimum absolute atomic E-state index is 0.191. The summed E-state index contributed by atoms with van der Waals surface area (Å²) < 4.78 is 0. The van der Waals surface area contributed by atoms with Gasteiger partial charge < -0.3 is 10.6 Å². The van der Waals surface area contributed by atoms with Crippen molar-refractivity contribution in [2.24, 2.45) is 0 Å². The van der Waals surface area contributed by atoms with Gasteiger partial charge in [-0.15, -0.1) is 0 Å². The van der Waals surface area contributed by atoms with Gasteiger partial charge in [-0.25, -0.2) is 5.10 Å². The molecular weight excluding hydrogens is 198 g/mol. The van der Waals surface area contributed by atoms with E-state index >= 15 is 0 Å². The summed E-state index contributed by atoms with van der Waals surface area (Å²) >= 11 is 0. The predicted molar refractivity (Wildman–Crippen MR) is 55.7 cm³/mol. The molecule has 1 heterocycles. The van der Waals surface area contributed by atoms with E-state index in [1.54, 1.807) is 12.1 Å². The van der Waals surface area contributed by atoms with Crippen LogP contribution in [0.15, 0.2) is 27.8 Å². The van der Waals surface area contributed by atoms with Crippen LogP contribution >= 0.6 is 0 Å². The van der Waals surface area contributed by atoms with Gasteiger partial charge in [-0.2, -0.15) is 0 Å². The molecule has 6 heteroatoms. The number of nitrogens with one attached hydrogen (secondary N) is 1. The zero-order valence-electron chi connectivity index (χ0n) is 7.98. The van der Waals surface area contributed by atoms with Crippen LogP contribution in [-0.2, 0) is 0 Å². The summed E-state index contributed by atoms with van der Waals surface area (Å²) in [5, 5.41) is 2.68. The number of hydrogen-bond donors (Lipinski definition) is 2. The van der Waals surface area contributed by atoms with Crippen LogP contribution in [0.1, 0.15) is 0 Å². The van der Waals surface area contributed by atoms with Gasteiger partial charge in [0, 0.05) is 5.69 Å². The lowest BCUT2D eigenvalue weighted by molar-refractivity contribution is 0.121. The fraction of sp³-hybridized carbons (Fsp3) is 0.111. The van der Waals surface area contributed by atoms with E-state index in [9.17, 15) is 9.59 Å². The van der Waals surface area contributed by atoms with Gasteiger partial charge in [0.15, 0.2) is 0 Å². The van der Waals surface area contributed by atoms with Crippen LogP contribution in [0.3, 0.4) is 0 Å². The van der Waals surface area contributed by atoms with Gasteiger partial charge in [-0.1, -0.05) is 10.9 Å². The highest BCUT2D eigenvalue weighted by molar-refractivity contribution is 5.91. The summed E-state index contributed by atoms with van der Waals surface area (Å²) in [6, 6.07) is 4.70. The van der Waals surface area contributed by atoms with Crippen molar-refractivity contribution in [2.45, 2.75) is 0 Å². The molecule has 1 aromatic carbocycles. The molecule has 15 heavy (non-hydrogen) atoms. The van der Waals surface area contributed by atoms with Gasteiger partial charge in [0.25, 0.3) is 5.56 Å². The third-order valence-electron chi connectivity index (χ3n) is 2.12. The Kier molecular flexibility index (Phi) is 1.96. The van der Waals surface area contributed by atoms with Gasteiger partial charge in [-0.3, -0.25) is 9.59 Å². The summed E-state index contributed by atoms with van der Waals surface area (Å²) in [7, 11) is 1.29. The van der Waals surface area contributed by atoms with Crippen LogP contribution in [0.4, 0.5) is 5.69 Å². The fourth-order valence-electron chi connectivity index (χ4n) is 1.44. The Labute approximate surface area is 83.8 Å². The van der Waals surface area contributed by atoms with Gasteiger partial charge in [0.2, 0.25) is 0 Å². The molecule has 0 radical (unpaired) electrons. The van der Waals surface area contributed by atoms with Gasteiger partial charge >= 0.3 is 5.56 Å². The molecule has 0 bridgehead atoms. The Hall–Kier alpha value is -2.24. The molecule has 6 nitrogen and oxygen atoms in total. The summed E-state index contributed by atoms with van der Waals surface area (Å²) in [5.41, 5.74) is 4.98. The Morgan fingerprint density at radius 3 is 2.80 bits per heavy atom. The van der Waals surface area contributed by atoms with Crippen molar-refractivity contribution in [1.82, 2.24) is 9.94 Å². The van der Waals surface area contributed by atoms with Gasteiger partial charge in [0.05, 0.1) is 10.8 Å². The van der Waals surface area contributed by atoms with E-state index in [1.165, 1.54) is 13.2 Å². The van der Waals surface area contributed by atoms with Gasteiger partial charge in [0.1, 0.15) is 7.11 Å². The van der Waals surface area contributed by atoms with Crippen LogP contribution < -0.4 is 21.7 Å². The normalized spacial score (nSPS) is 10.5. The topological polar surface area (TPSA) is 90.1 Å². The maximum absolute atomic E-state index is 11.7. The fourth-order valence-corrected chi connectivity index (χ4v) is 1.44. The molecule has 3 N–H and O–H groups in total. The molecule has 0 aliphatic carbocycles. The van der Waals surface area contributed by atoms with E-state index in [1.807, 2.05) is 0 Å². The maximum atomic E-state index is 11.7. The lowest BCUT2D eigenvalue weighted by Crippen LogP contribution is -2.33. The quantitative estimate of drug-likeness (QED) is 0.607. The molecule has 78 valence electrons. The van der Waals surface area contributed by atoms with Crippen molar-refractivity contribution in [3.63, 3.8) is 0 Å². The van der Waals surface area contributed by atoms with Crippen molar-refractivity contribution in [3.05, 3.63) is 38.9 Å². The van der Waals surface area contributed by atoms with Crippen LogP contribution in [-0.4, -0.2) is 17.1 Å². The standard InChI is InChI=1S/C9H9N3O3/c1-15-12-9(14)5-3-2-4-6(10)7(5)8(13)11-12/h2-4H,10H2,1H3,(H,11,13). The SMILES string of the molecule is COn1[nH]c(=O)c2c(N)cccc2c1=O. The lowest BCUT2D eigenvalue weighted by Gasteiger charge is -2.05. The number of benzene rings is 1. The summed E-state index contributed by atoms with van der Waals surface area (Å²) in [4.78, 5) is 28.7. The molecule has 0 spiro atoms. The van der Waals surface area contributed by atoms with Crippen molar-refractivity contribution in [1.29, 1.82) is 0 Å². The average Bonchev–Trinajstić information content (AvgIpc) is 2.23. The molecule has 1 aromatic heterocycles. The highest BCUT2D eigenvalue weighted by Crippen LogP contribution is 2.12. The molecule has 0 saturated heterocycles. The van der Waals surface area contributed by atoms with Crippen molar-refractivity contribution in [2.75, 3.05) is 12.8 Å². The van der Waals surface area contributed by atoms with E-state index in [0.717, 1.165) is 4.85 Å². The molecule has 0 fully saturated rings. The summed E-state index contributed by atoms with van der Waals surface area (Å²) in [6.07, 6.45) is 0. The Balaban J connectivity index is 3.07. The summed E-state index contributed by atoms with van der Waals surface area (Å²) in [5.74, 6) is 0. The summed E-state index contributed by atoms with van der Waals surface area (Å²) in [6.45, 7) is 0. The molecule has 0 unspecified atom stereocenters. The van der Waals surface area contributed by atoms with Crippen molar-refractivity contribution >= 4 is 16.5 Å². The second kappa shape index (κ2) is 3.16. The number of aromatic nitrogens is 2. The number of nitrogens with zero attached hydrogens (tertiary/aromatic N) is 1. The molecule has 2 aromatic rings. The minimum Gasteiger partial charge on any atom is -0.398 e. The Bertz CT molecular complexity index is 627. The number of rotatable bonds is 1. The lowest BCUT2D eigenvalue weighted by atomic mass is 10.1. The number of nitrogens with two attached hydrogens (primary N) is 1. The average molecular weight is 207 g/mol. The number of fused-ring (bicyclic) bond motifs is 1. The number of hydrogen-bond acceptors (Lipinski definition) is 4. The van der Waals surface area contributed by atoms with Crippen molar-refractivity contribution in [3.8, 4) is 0 Å². The monoisotopic (exact) mass is 207 g/mol. The Morgan fingerprint density at radius 1 is 1.40 bits per heavy atom. The molecule has 0 amide bonds. The third-order valence-corrected chi connectivity index (χ3v) is 2.12. The zero-order chi connectivity index (χ0) is 11.0. The predicted octanol–water partition coefficient (Wildman–Crippen LogP) is -0.670. The van der Waals surface area contributed by atoms with Crippen LogP contribution in [0, 0.1) is 0 Å². The van der Waals surface area contributed by atoms with Gasteiger partial charge in [-0.05, 0) is 12.1 Å². The van der Waals surface area contributed by atoms with E-state index < -0.39 is 11.1 Å². The number of H-pyrrole nitrogens is 1. The van der Waals surface area contributed by atoms with Crippen LogP contribution in [0.2, 0.25) is 0 Å². The first-order chi connectivity index (χ1) is 7.15. The van der Waals surface area contributed by atoms with Crippen LogP contribution in [0.5, 0.6) is 0 Å². The largest absolute Gasteiger partial charge is 0.398 e.